The lowest BCUT2D eigenvalue weighted by atomic mass is 10.1. The highest BCUT2D eigenvalue weighted by Gasteiger charge is 2.17. The summed E-state index contributed by atoms with van der Waals surface area (Å²) in [5.74, 6) is 0.205. The molecule has 0 heterocycles. The number of rotatable bonds is 16. The molecule has 206 valence electrons. The number of amides is 2. The number of carbonyl (C=O) groups excluding carboxylic acids is 3. The Hall–Kier alpha value is -3.99. The second-order valence-corrected chi connectivity index (χ2v) is 8.69. The van der Waals surface area contributed by atoms with Crippen LogP contribution in [0.4, 0.5) is 21.0 Å². The molecule has 0 spiro atoms. The van der Waals surface area contributed by atoms with Gasteiger partial charge in [-0.3, -0.25) is 15.4 Å². The summed E-state index contributed by atoms with van der Waals surface area (Å²) in [6, 6.07) is 11.2. The Morgan fingerprint density at radius 1 is 0.816 bits per heavy atom. The molecular formula is C27H35N3O8. The van der Waals surface area contributed by atoms with E-state index in [0.717, 1.165) is 32.1 Å². The van der Waals surface area contributed by atoms with Gasteiger partial charge in [-0.25, -0.2) is 9.59 Å². The van der Waals surface area contributed by atoms with E-state index in [9.17, 15) is 24.5 Å². The summed E-state index contributed by atoms with van der Waals surface area (Å²) >= 11 is 0. The van der Waals surface area contributed by atoms with E-state index in [2.05, 4.69) is 10.6 Å². The van der Waals surface area contributed by atoms with E-state index in [1.165, 1.54) is 25.3 Å². The first-order valence-electron chi connectivity index (χ1n) is 12.5. The molecule has 0 aliphatic rings. The van der Waals surface area contributed by atoms with Crippen molar-refractivity contribution in [3.05, 3.63) is 69.3 Å². The number of para-hydroxylation sites is 2. The van der Waals surface area contributed by atoms with Gasteiger partial charge in [-0.1, -0.05) is 49.6 Å². The molecule has 2 aromatic rings. The lowest BCUT2D eigenvalue weighted by Crippen LogP contribution is -2.25. The minimum Gasteiger partial charge on any atom is -0.445 e. The number of ether oxygens (including phenoxy) is 3. The van der Waals surface area contributed by atoms with Gasteiger partial charge in [-0.2, -0.15) is 0 Å². The molecule has 0 atom stereocenters. The average Bonchev–Trinajstić information content (AvgIpc) is 2.89. The molecule has 2 N–H and O–H groups in total. The van der Waals surface area contributed by atoms with E-state index in [0.29, 0.717) is 29.8 Å². The lowest BCUT2D eigenvalue weighted by Gasteiger charge is -2.16. The summed E-state index contributed by atoms with van der Waals surface area (Å²) in [7, 11) is 1.51. The van der Waals surface area contributed by atoms with Crippen molar-refractivity contribution < 1.29 is 33.5 Å². The molecule has 0 aliphatic heterocycles. The number of carbonyl (C=O) groups is 3. The largest absolute Gasteiger partial charge is 0.445 e. The van der Waals surface area contributed by atoms with Gasteiger partial charge in [0.1, 0.15) is 19.0 Å². The number of unbranched alkanes of at least 4 members (excludes halogenated alkanes) is 4. The van der Waals surface area contributed by atoms with Crippen LogP contribution in [-0.2, 0) is 38.8 Å². The Morgan fingerprint density at radius 3 is 2.13 bits per heavy atom. The minimum atomic E-state index is -0.819. The Kier molecular flexibility index (Phi) is 13.3. The molecule has 0 saturated heterocycles. The van der Waals surface area contributed by atoms with E-state index in [4.69, 9.17) is 14.2 Å². The highest BCUT2D eigenvalue weighted by molar-refractivity contribution is 5.87. The van der Waals surface area contributed by atoms with Gasteiger partial charge < -0.3 is 24.3 Å². The van der Waals surface area contributed by atoms with Crippen LogP contribution in [0.25, 0.3) is 0 Å². The van der Waals surface area contributed by atoms with Gasteiger partial charge in [0.25, 0.3) is 5.69 Å². The molecule has 11 heteroatoms. The number of methoxy groups -OCH3 is 1. The zero-order valence-corrected chi connectivity index (χ0v) is 21.8. The third kappa shape index (κ3) is 11.0. The van der Waals surface area contributed by atoms with E-state index < -0.39 is 17.1 Å². The summed E-state index contributed by atoms with van der Waals surface area (Å²) < 4.78 is 15.8. The number of nitro groups is 1. The molecule has 2 aromatic carbocycles. The van der Waals surface area contributed by atoms with Gasteiger partial charge in [-0.15, -0.1) is 0 Å². The molecule has 0 saturated carbocycles. The van der Waals surface area contributed by atoms with Gasteiger partial charge in [-0.05, 0) is 25.8 Å². The van der Waals surface area contributed by atoms with Gasteiger partial charge in [0.05, 0.1) is 22.8 Å². The van der Waals surface area contributed by atoms with Gasteiger partial charge in [0.15, 0.2) is 0 Å². The van der Waals surface area contributed by atoms with Crippen molar-refractivity contribution in [2.45, 2.75) is 65.3 Å². The number of hydrogen-bond donors (Lipinski definition) is 2. The maximum absolute atomic E-state index is 12.5. The quantitative estimate of drug-likeness (QED) is 0.161. The van der Waals surface area contributed by atoms with Crippen molar-refractivity contribution in [3.8, 4) is 0 Å². The summed E-state index contributed by atoms with van der Waals surface area (Å²) in [6.45, 7) is 1.86. The summed E-state index contributed by atoms with van der Waals surface area (Å²) in [5, 5.41) is 16.5. The molecule has 11 nitrogen and oxygen atoms in total. The molecule has 2 rings (SSSR count). The predicted molar refractivity (Wildman–Crippen MR) is 141 cm³/mol. The van der Waals surface area contributed by atoms with Crippen molar-refractivity contribution in [2.75, 3.05) is 19.0 Å². The fourth-order valence-electron chi connectivity index (χ4n) is 3.72. The first-order chi connectivity index (χ1) is 18.3. The molecule has 0 unspecified atom stereocenters. The monoisotopic (exact) mass is 529 g/mol. The summed E-state index contributed by atoms with van der Waals surface area (Å²) in [4.78, 5) is 46.3. The zero-order chi connectivity index (χ0) is 27.8. The molecule has 0 bridgehead atoms. The Bertz CT molecular complexity index is 1090. The van der Waals surface area contributed by atoms with Crippen LogP contribution in [0.3, 0.4) is 0 Å². The standard InChI is InChI=1S/C27H35N3O8/c1-20(31)11-6-4-3-5-9-16-28-26(32)37-19-23-14-10-13-22(17-36-2)25(23)29-27(33)38-18-21-12-7-8-15-24(21)30(34)35/h7-8,10,12-15H,3-6,9,11,16-19H2,1-2H3,(H,28,32)(H,29,33). The first-order valence-corrected chi connectivity index (χ1v) is 12.5. The zero-order valence-electron chi connectivity index (χ0n) is 21.8. The van der Waals surface area contributed by atoms with E-state index in [-0.39, 0.29) is 36.9 Å². The van der Waals surface area contributed by atoms with Crippen LogP contribution in [0, 0.1) is 10.1 Å². The van der Waals surface area contributed by atoms with Crippen LogP contribution in [0.5, 0.6) is 0 Å². The third-order valence-electron chi connectivity index (χ3n) is 5.64. The third-order valence-corrected chi connectivity index (χ3v) is 5.64. The fourth-order valence-corrected chi connectivity index (χ4v) is 3.72. The smallest absolute Gasteiger partial charge is 0.411 e. The number of nitro benzene ring substituents is 1. The molecule has 38 heavy (non-hydrogen) atoms. The van der Waals surface area contributed by atoms with Gasteiger partial charge >= 0.3 is 12.2 Å². The van der Waals surface area contributed by atoms with Crippen LogP contribution < -0.4 is 10.6 Å². The maximum Gasteiger partial charge on any atom is 0.411 e. The second-order valence-electron chi connectivity index (χ2n) is 8.69. The van der Waals surface area contributed by atoms with Crippen LogP contribution in [0.15, 0.2) is 42.5 Å². The molecule has 0 radical (unpaired) electrons. The fraction of sp³-hybridized carbons (Fsp3) is 0.444. The molecular weight excluding hydrogens is 494 g/mol. The van der Waals surface area contributed by atoms with Gasteiger partial charge in [0.2, 0.25) is 0 Å². The Balaban J connectivity index is 1.87. The normalized spacial score (nSPS) is 10.5. The molecule has 2 amide bonds. The second kappa shape index (κ2) is 16.7. The van der Waals surface area contributed by atoms with Crippen LogP contribution in [0.2, 0.25) is 0 Å². The van der Waals surface area contributed by atoms with Crippen molar-refractivity contribution in [3.63, 3.8) is 0 Å². The van der Waals surface area contributed by atoms with Crippen LogP contribution >= 0.6 is 0 Å². The summed E-state index contributed by atoms with van der Waals surface area (Å²) in [5.41, 5.74) is 1.66. The minimum absolute atomic E-state index is 0.103. The highest BCUT2D eigenvalue weighted by atomic mass is 16.6. The highest BCUT2D eigenvalue weighted by Crippen LogP contribution is 2.24. The van der Waals surface area contributed by atoms with Crippen LogP contribution in [-0.4, -0.2) is 36.5 Å². The number of ketones is 1. The van der Waals surface area contributed by atoms with Crippen LogP contribution in [0.1, 0.15) is 62.1 Å². The molecule has 0 aromatic heterocycles. The molecule has 0 fully saturated rings. The number of alkyl carbamates (subject to hydrolysis) is 1. The maximum atomic E-state index is 12.5. The average molecular weight is 530 g/mol. The predicted octanol–water partition coefficient (Wildman–Crippen LogP) is 5.65. The van der Waals surface area contributed by atoms with Crippen molar-refractivity contribution in [2.24, 2.45) is 0 Å². The summed E-state index contributed by atoms with van der Waals surface area (Å²) in [6.07, 6.45) is 3.84. The van der Waals surface area contributed by atoms with Crippen molar-refractivity contribution in [1.29, 1.82) is 0 Å². The topological polar surface area (TPSA) is 146 Å². The number of anilines is 1. The Labute approximate surface area is 222 Å². The Morgan fingerprint density at radius 2 is 1.42 bits per heavy atom. The van der Waals surface area contributed by atoms with E-state index in [1.54, 1.807) is 31.2 Å². The lowest BCUT2D eigenvalue weighted by molar-refractivity contribution is -0.385. The van der Waals surface area contributed by atoms with Gasteiger partial charge in [0, 0.05) is 37.3 Å². The van der Waals surface area contributed by atoms with E-state index >= 15 is 0 Å². The number of nitrogens with zero attached hydrogens (tertiary/aromatic N) is 1. The number of benzene rings is 2. The number of hydrogen-bond acceptors (Lipinski definition) is 8. The molecule has 0 aliphatic carbocycles. The number of nitrogens with one attached hydrogen (secondary N) is 2. The SMILES string of the molecule is COCc1cccc(COC(=O)NCCCCCCCC(C)=O)c1NC(=O)OCc1ccccc1[N+](=O)[O-]. The van der Waals surface area contributed by atoms with E-state index in [1.807, 2.05) is 0 Å². The van der Waals surface area contributed by atoms with Crippen molar-refractivity contribution in [1.82, 2.24) is 5.32 Å². The number of Topliss-reactive ketones (excluding diaryl/α,β-unsaturated/α-hetero) is 1. The van der Waals surface area contributed by atoms with Crippen molar-refractivity contribution >= 4 is 29.3 Å². The first kappa shape index (κ1) is 30.2.